The van der Waals surface area contributed by atoms with Gasteiger partial charge in [0.05, 0.1) is 0 Å². The summed E-state index contributed by atoms with van der Waals surface area (Å²) < 4.78 is 0. The van der Waals surface area contributed by atoms with Crippen LogP contribution >= 0.6 is 13.5 Å². The zero-order chi connectivity index (χ0) is 3.54. The van der Waals surface area contributed by atoms with Gasteiger partial charge in [-0.05, 0) is 12.1 Å². The lowest BCUT2D eigenvalue weighted by molar-refractivity contribution is 1.42. The first-order valence-electron chi connectivity index (χ1n) is 1.58. The highest BCUT2D eigenvalue weighted by Crippen LogP contribution is 1.72. The summed E-state index contributed by atoms with van der Waals surface area (Å²) in [7, 11) is 0. The van der Waals surface area contributed by atoms with E-state index in [-0.39, 0.29) is 30.9 Å². The number of aromatic nitrogens is 1. The highest BCUT2D eigenvalue weighted by atomic mass is 32.1. The van der Waals surface area contributed by atoms with Gasteiger partial charge in [-0.3, -0.25) is 0 Å². The fourth-order valence-corrected chi connectivity index (χ4v) is 0.278. The van der Waals surface area contributed by atoms with Gasteiger partial charge < -0.3 is 4.98 Å². The molecule has 0 aliphatic carbocycles. The van der Waals surface area contributed by atoms with Crippen LogP contribution in [0, 0.1) is 0 Å². The van der Waals surface area contributed by atoms with Crippen molar-refractivity contribution < 1.29 is 0 Å². The van der Waals surface area contributed by atoms with Crippen LogP contribution < -0.4 is 0 Å². The van der Waals surface area contributed by atoms with Crippen LogP contribution in [0.2, 0.25) is 0 Å². The second-order valence-corrected chi connectivity index (χ2v) is 0.885. The van der Waals surface area contributed by atoms with Crippen LogP contribution in [0.3, 0.4) is 0 Å². The summed E-state index contributed by atoms with van der Waals surface area (Å²) in [4.78, 5) is 2.86. The Morgan fingerprint density at radius 3 is 1.57 bits per heavy atom. The van der Waals surface area contributed by atoms with E-state index in [0.29, 0.717) is 0 Å². The van der Waals surface area contributed by atoms with E-state index in [2.05, 4.69) is 4.98 Å². The lowest BCUT2D eigenvalue weighted by Crippen LogP contribution is -1.38. The molecule has 0 spiro atoms. The van der Waals surface area contributed by atoms with Crippen LogP contribution in [0.25, 0.3) is 0 Å². The Morgan fingerprint density at radius 1 is 1.00 bits per heavy atom. The first-order chi connectivity index (χ1) is 2.50. The molecule has 1 aromatic heterocycles. The number of hydrogen-bond donors (Lipinski definition) is 1. The standard InChI is InChI=1S/C4H5N.Al.H2S.3H/c1-2-4-5-3-1;;;;;/h1-5H;;1H2;;;. The monoisotopic (exact) mass is 131 g/mol. The van der Waals surface area contributed by atoms with Crippen molar-refractivity contribution >= 4 is 30.9 Å². The van der Waals surface area contributed by atoms with E-state index >= 15 is 0 Å². The predicted molar refractivity (Wildman–Crippen MR) is 41.1 cm³/mol. The lowest BCUT2D eigenvalue weighted by atomic mass is 10.7. The average Bonchev–Trinajstić information content (AvgIpc) is 1.76. The van der Waals surface area contributed by atoms with Gasteiger partial charge in [-0.1, -0.05) is 0 Å². The average molecular weight is 131 g/mol. The summed E-state index contributed by atoms with van der Waals surface area (Å²) in [6.45, 7) is 0. The summed E-state index contributed by atoms with van der Waals surface area (Å²) in [5.74, 6) is 0. The van der Waals surface area contributed by atoms with Gasteiger partial charge in [0, 0.05) is 12.4 Å². The molecule has 3 heteroatoms. The van der Waals surface area contributed by atoms with Crippen molar-refractivity contribution in [2.75, 3.05) is 0 Å². The van der Waals surface area contributed by atoms with E-state index in [9.17, 15) is 0 Å². The molecule has 0 aliphatic heterocycles. The number of hydrogen-bond acceptors (Lipinski definition) is 0. The maximum atomic E-state index is 2.86. The summed E-state index contributed by atoms with van der Waals surface area (Å²) in [5.41, 5.74) is 0. The molecule has 0 amide bonds. The van der Waals surface area contributed by atoms with Crippen LogP contribution in [0.4, 0.5) is 0 Å². The number of nitrogens with one attached hydrogen (secondary N) is 1. The molecule has 0 aromatic carbocycles. The fourth-order valence-electron chi connectivity index (χ4n) is 0.278. The minimum Gasteiger partial charge on any atom is -0.368 e. The summed E-state index contributed by atoms with van der Waals surface area (Å²) in [6, 6.07) is 3.89. The molecule has 7 heavy (non-hydrogen) atoms. The first kappa shape index (κ1) is 10.2. The topological polar surface area (TPSA) is 15.8 Å². The zero-order valence-electron chi connectivity index (χ0n) is 3.31. The molecule has 1 nitrogen and oxygen atoms in total. The van der Waals surface area contributed by atoms with Gasteiger partial charge >= 0.3 is 0 Å². The summed E-state index contributed by atoms with van der Waals surface area (Å²) in [6.07, 6.45) is 3.75. The van der Waals surface area contributed by atoms with E-state index in [4.69, 9.17) is 0 Å². The van der Waals surface area contributed by atoms with Crippen LogP contribution in [0.1, 0.15) is 0 Å². The number of H-pyrrole nitrogens is 1. The van der Waals surface area contributed by atoms with Crippen LogP contribution in [-0.4, -0.2) is 22.3 Å². The van der Waals surface area contributed by atoms with Crippen LogP contribution in [0.15, 0.2) is 24.5 Å². The molecule has 1 aromatic rings. The smallest absolute Gasteiger partial charge is 0.187 e. The predicted octanol–water partition coefficient (Wildman–Crippen LogP) is -0.0564. The normalized spacial score (nSPS) is 5.71. The molecular formula is C4H10AlNS. The van der Waals surface area contributed by atoms with Crippen LogP contribution in [-0.2, 0) is 0 Å². The highest BCUT2D eigenvalue weighted by Gasteiger charge is 1.55. The molecular weight excluding hydrogens is 121 g/mol. The molecule has 0 radical (unpaired) electrons. The second kappa shape index (κ2) is 6.16. The van der Waals surface area contributed by atoms with Crippen LogP contribution in [0.5, 0.6) is 0 Å². The Bertz CT molecular complexity index is 68.2. The van der Waals surface area contributed by atoms with Gasteiger partial charge in [0.2, 0.25) is 0 Å². The van der Waals surface area contributed by atoms with E-state index in [1.54, 1.807) is 0 Å². The summed E-state index contributed by atoms with van der Waals surface area (Å²) in [5, 5.41) is 0. The molecule has 1 N–H and O–H groups in total. The minimum atomic E-state index is 0. The maximum absolute atomic E-state index is 2.86. The van der Waals surface area contributed by atoms with Gasteiger partial charge in [0.25, 0.3) is 0 Å². The third-order valence-corrected chi connectivity index (χ3v) is 0.496. The van der Waals surface area contributed by atoms with Crippen molar-refractivity contribution in [3.8, 4) is 0 Å². The van der Waals surface area contributed by atoms with Crippen molar-refractivity contribution in [3.63, 3.8) is 0 Å². The third kappa shape index (κ3) is 4.01. The van der Waals surface area contributed by atoms with Gasteiger partial charge in [0.15, 0.2) is 17.4 Å². The molecule has 0 bridgehead atoms. The molecule has 0 unspecified atom stereocenters. The van der Waals surface area contributed by atoms with Gasteiger partial charge in [-0.2, -0.15) is 13.5 Å². The van der Waals surface area contributed by atoms with Gasteiger partial charge in [-0.25, -0.2) is 0 Å². The Hall–Kier alpha value is 0.162. The number of aromatic amines is 1. The van der Waals surface area contributed by atoms with Crippen molar-refractivity contribution in [2.24, 2.45) is 0 Å². The Balaban J connectivity index is 0. The quantitative estimate of drug-likeness (QED) is 0.475. The number of rotatable bonds is 0. The second-order valence-electron chi connectivity index (χ2n) is 0.885. The van der Waals surface area contributed by atoms with Crippen molar-refractivity contribution in [1.29, 1.82) is 0 Å². The fraction of sp³-hybridized carbons (Fsp3) is 0. The minimum absolute atomic E-state index is 0. The molecule has 0 aliphatic rings. The van der Waals surface area contributed by atoms with Gasteiger partial charge in [-0.15, -0.1) is 0 Å². The zero-order valence-corrected chi connectivity index (χ0v) is 4.31. The lowest BCUT2D eigenvalue weighted by Gasteiger charge is -1.49. The van der Waals surface area contributed by atoms with Crippen molar-refractivity contribution in [3.05, 3.63) is 24.5 Å². The highest BCUT2D eigenvalue weighted by molar-refractivity contribution is 7.59. The van der Waals surface area contributed by atoms with E-state index < -0.39 is 0 Å². The van der Waals surface area contributed by atoms with E-state index in [1.807, 2.05) is 24.5 Å². The van der Waals surface area contributed by atoms with Gasteiger partial charge in [0.1, 0.15) is 0 Å². The Kier molecular flexibility index (Phi) is 8.98. The van der Waals surface area contributed by atoms with E-state index in [0.717, 1.165) is 0 Å². The SMILES string of the molecule is S.[AlH3].c1cc[nH]c1. The molecule has 0 saturated carbocycles. The molecule has 40 valence electrons. The molecule has 0 saturated heterocycles. The van der Waals surface area contributed by atoms with Crippen molar-refractivity contribution in [2.45, 2.75) is 0 Å². The molecule has 0 fully saturated rings. The Morgan fingerprint density at radius 2 is 1.43 bits per heavy atom. The molecule has 1 rings (SSSR count). The molecule has 1 heterocycles. The molecule has 0 atom stereocenters. The Labute approximate surface area is 60.7 Å². The largest absolute Gasteiger partial charge is 0.368 e. The third-order valence-electron chi connectivity index (χ3n) is 0.496. The summed E-state index contributed by atoms with van der Waals surface area (Å²) >= 11 is 0. The maximum Gasteiger partial charge on any atom is 0.187 e. The first-order valence-corrected chi connectivity index (χ1v) is 1.58. The van der Waals surface area contributed by atoms with E-state index in [1.165, 1.54) is 0 Å². The van der Waals surface area contributed by atoms with Crippen molar-refractivity contribution in [1.82, 2.24) is 4.98 Å².